The van der Waals surface area contributed by atoms with E-state index in [-0.39, 0.29) is 34.7 Å². The lowest BCUT2D eigenvalue weighted by molar-refractivity contribution is -0.143. The van der Waals surface area contributed by atoms with Crippen LogP contribution in [0.2, 0.25) is 0 Å². The van der Waals surface area contributed by atoms with Gasteiger partial charge in [-0.05, 0) is 72.2 Å². The first-order valence-electron chi connectivity index (χ1n) is 14.2. The number of carbonyl (C=O) groups is 2. The van der Waals surface area contributed by atoms with Gasteiger partial charge in [0, 0.05) is 23.8 Å². The van der Waals surface area contributed by atoms with Crippen LogP contribution in [0.25, 0.3) is 10.8 Å². The molecular formula is C32H30FN3O7S. The number of anilines is 1. The molecule has 1 aliphatic heterocycles. The van der Waals surface area contributed by atoms with Gasteiger partial charge in [0.2, 0.25) is 5.91 Å². The molecule has 0 bridgehead atoms. The highest BCUT2D eigenvalue weighted by molar-refractivity contribution is 7.92. The number of hydrogen-bond acceptors (Lipinski definition) is 7. The van der Waals surface area contributed by atoms with E-state index in [0.717, 1.165) is 0 Å². The highest BCUT2D eigenvalue weighted by Gasteiger charge is 2.47. The van der Waals surface area contributed by atoms with E-state index in [9.17, 15) is 32.3 Å². The number of hydrogen-bond donors (Lipinski definition) is 3. The number of methoxy groups -OCH3 is 1. The fraction of sp³-hybridized carbons (Fsp3) is 0.281. The number of sulfone groups is 1. The van der Waals surface area contributed by atoms with Crippen molar-refractivity contribution >= 4 is 38.2 Å². The summed E-state index contributed by atoms with van der Waals surface area (Å²) < 4.78 is 46.4. The van der Waals surface area contributed by atoms with E-state index < -0.39 is 50.8 Å². The number of nitrogens with zero attached hydrogens (tertiary/aromatic N) is 1. The van der Waals surface area contributed by atoms with E-state index in [2.05, 4.69) is 10.3 Å². The molecule has 1 amide bonds. The molecule has 44 heavy (non-hydrogen) atoms. The first kappa shape index (κ1) is 29.4. The van der Waals surface area contributed by atoms with Crippen molar-refractivity contribution in [3.8, 4) is 5.75 Å². The Labute approximate surface area is 252 Å². The minimum Gasteiger partial charge on any atom is -0.494 e. The number of carbonyl (C=O) groups excluding carboxylic acids is 1. The second kappa shape index (κ2) is 11.4. The summed E-state index contributed by atoms with van der Waals surface area (Å²) in [4.78, 5) is 43.6. The molecule has 12 heteroatoms. The maximum absolute atomic E-state index is 14.5. The van der Waals surface area contributed by atoms with E-state index in [0.29, 0.717) is 34.9 Å². The number of aliphatic carboxylic acids is 1. The predicted octanol–water partition coefficient (Wildman–Crippen LogP) is 4.44. The van der Waals surface area contributed by atoms with Crippen LogP contribution in [-0.2, 0) is 19.4 Å². The Bertz CT molecular complexity index is 1940. The first-order chi connectivity index (χ1) is 21.1. The minimum atomic E-state index is -3.73. The summed E-state index contributed by atoms with van der Waals surface area (Å²) in [5, 5.41) is 13.9. The van der Waals surface area contributed by atoms with Gasteiger partial charge in [-0.1, -0.05) is 30.3 Å². The first-order valence-corrected chi connectivity index (χ1v) is 15.7. The molecule has 2 unspecified atom stereocenters. The minimum absolute atomic E-state index is 0.0279. The van der Waals surface area contributed by atoms with Crippen molar-refractivity contribution in [2.24, 2.45) is 5.92 Å². The fourth-order valence-corrected chi connectivity index (χ4v) is 7.88. The van der Waals surface area contributed by atoms with Gasteiger partial charge in [-0.2, -0.15) is 0 Å². The summed E-state index contributed by atoms with van der Waals surface area (Å²) in [6.07, 6.45) is 2.69. The Hall–Kier alpha value is -4.71. The molecule has 1 saturated heterocycles. The summed E-state index contributed by atoms with van der Waals surface area (Å²) in [6.45, 7) is 0.0478. The molecule has 3 aromatic carbocycles. The lowest BCUT2D eigenvalue weighted by Gasteiger charge is -2.32. The molecule has 0 radical (unpaired) electrons. The lowest BCUT2D eigenvalue weighted by atomic mass is 9.93. The van der Waals surface area contributed by atoms with Crippen LogP contribution in [0.4, 0.5) is 10.1 Å². The van der Waals surface area contributed by atoms with Crippen molar-refractivity contribution in [1.29, 1.82) is 0 Å². The van der Waals surface area contributed by atoms with Crippen LogP contribution in [0.3, 0.4) is 0 Å². The standard InChI is InChI=1S/C32H30FN3O7S/c1-43-26-16-19(7-11-25(26)33)28(35-20-8-6-18-12-14-34-30(37)24(18)17-20)31(38)36-15-13-23(32(39)40)29(36)22-4-2-3-5-27(22)44(41,42)21-9-10-21/h2-8,11-12,14,16-17,21,23,28-29,35H,9-10,13,15H2,1H3,(H,34,37)(H,39,40)/t23?,28-,29?/m1/s1. The predicted molar refractivity (Wildman–Crippen MR) is 161 cm³/mol. The van der Waals surface area contributed by atoms with Crippen molar-refractivity contribution in [1.82, 2.24) is 9.88 Å². The number of benzene rings is 3. The Morgan fingerprint density at radius 1 is 1.07 bits per heavy atom. The largest absolute Gasteiger partial charge is 0.494 e. The summed E-state index contributed by atoms with van der Waals surface area (Å²) >= 11 is 0. The topological polar surface area (TPSA) is 146 Å². The number of carboxylic acid groups (broad SMARTS) is 1. The number of fused-ring (bicyclic) bond motifs is 1. The third kappa shape index (κ3) is 5.30. The van der Waals surface area contributed by atoms with Gasteiger partial charge in [-0.25, -0.2) is 12.8 Å². The third-order valence-corrected chi connectivity index (χ3v) is 10.7. The highest BCUT2D eigenvalue weighted by Crippen LogP contribution is 2.44. The van der Waals surface area contributed by atoms with Gasteiger partial charge < -0.3 is 25.0 Å². The lowest BCUT2D eigenvalue weighted by Crippen LogP contribution is -2.40. The quantitative estimate of drug-likeness (QED) is 0.249. The van der Waals surface area contributed by atoms with Gasteiger partial charge >= 0.3 is 5.97 Å². The van der Waals surface area contributed by atoms with Crippen molar-refractivity contribution < 1.29 is 32.2 Å². The second-order valence-electron chi connectivity index (χ2n) is 11.1. The van der Waals surface area contributed by atoms with E-state index in [4.69, 9.17) is 4.74 Å². The number of H-pyrrole nitrogens is 1. The molecule has 1 saturated carbocycles. The number of halogens is 1. The van der Waals surface area contributed by atoms with Crippen LogP contribution < -0.4 is 15.6 Å². The number of aromatic nitrogens is 1. The van der Waals surface area contributed by atoms with Crippen LogP contribution >= 0.6 is 0 Å². The number of amides is 1. The summed E-state index contributed by atoms with van der Waals surface area (Å²) in [5.41, 5.74) is 0.671. The average molecular weight is 620 g/mol. The van der Waals surface area contributed by atoms with E-state index in [1.807, 2.05) is 0 Å². The molecule has 3 N–H and O–H groups in total. The summed E-state index contributed by atoms with van der Waals surface area (Å²) in [6, 6.07) is 14.7. The Morgan fingerprint density at radius 2 is 1.84 bits per heavy atom. The van der Waals surface area contributed by atoms with Gasteiger partial charge in [-0.3, -0.25) is 14.4 Å². The normalized spacial score (nSPS) is 19.1. The zero-order valence-corrected chi connectivity index (χ0v) is 24.5. The molecule has 228 valence electrons. The monoisotopic (exact) mass is 619 g/mol. The smallest absolute Gasteiger partial charge is 0.309 e. The molecule has 0 spiro atoms. The van der Waals surface area contributed by atoms with Crippen LogP contribution in [-0.4, -0.2) is 54.2 Å². The maximum Gasteiger partial charge on any atom is 0.309 e. The number of rotatable bonds is 9. The van der Waals surface area contributed by atoms with E-state index in [1.54, 1.807) is 42.5 Å². The number of nitrogens with one attached hydrogen (secondary N) is 2. The summed E-state index contributed by atoms with van der Waals surface area (Å²) in [7, 11) is -2.43. The van der Waals surface area contributed by atoms with Crippen LogP contribution in [0.15, 0.2) is 82.6 Å². The fourth-order valence-electron chi connectivity index (χ4n) is 5.97. The molecule has 2 fully saturated rings. The van der Waals surface area contributed by atoms with Gasteiger partial charge in [0.25, 0.3) is 5.56 Å². The number of pyridine rings is 1. The van der Waals surface area contributed by atoms with Gasteiger partial charge in [0.05, 0.1) is 29.2 Å². The zero-order chi connectivity index (χ0) is 31.2. The number of aromatic amines is 1. The molecule has 2 heterocycles. The van der Waals surface area contributed by atoms with Crippen LogP contribution in [0, 0.1) is 11.7 Å². The number of ether oxygens (including phenoxy) is 1. The third-order valence-electron chi connectivity index (χ3n) is 8.35. The molecule has 10 nitrogen and oxygen atoms in total. The highest BCUT2D eigenvalue weighted by atomic mass is 32.2. The summed E-state index contributed by atoms with van der Waals surface area (Å²) in [5.74, 6) is -3.49. The van der Waals surface area contributed by atoms with Crippen LogP contribution in [0.5, 0.6) is 5.75 Å². The molecule has 2 aliphatic rings. The van der Waals surface area contributed by atoms with Gasteiger partial charge in [0.15, 0.2) is 21.4 Å². The van der Waals surface area contributed by atoms with E-state index in [1.165, 1.54) is 42.5 Å². The van der Waals surface area contributed by atoms with Gasteiger partial charge in [-0.15, -0.1) is 0 Å². The second-order valence-corrected chi connectivity index (χ2v) is 13.3. The molecular weight excluding hydrogens is 589 g/mol. The van der Waals surface area contributed by atoms with Crippen molar-refractivity contribution in [2.75, 3.05) is 19.0 Å². The maximum atomic E-state index is 14.5. The van der Waals surface area contributed by atoms with Crippen LogP contribution in [0.1, 0.15) is 42.5 Å². The molecule has 3 atom stereocenters. The van der Waals surface area contributed by atoms with E-state index >= 15 is 0 Å². The van der Waals surface area contributed by atoms with Crippen molar-refractivity contribution in [3.05, 3.63) is 100 Å². The Morgan fingerprint density at radius 3 is 2.57 bits per heavy atom. The van der Waals surface area contributed by atoms with Crippen molar-refractivity contribution in [2.45, 2.75) is 41.5 Å². The average Bonchev–Trinajstić information content (AvgIpc) is 3.79. The Kier molecular flexibility index (Phi) is 7.62. The number of carboxylic acids is 1. The molecule has 4 aromatic rings. The zero-order valence-electron chi connectivity index (χ0n) is 23.7. The number of likely N-dealkylation sites (tertiary alicyclic amines) is 1. The SMILES string of the molecule is COc1cc([C@@H](Nc2ccc3cc[nH]c(=O)c3c2)C(=O)N2CCC(C(=O)O)C2c2ccccc2S(=O)(=O)C2CC2)ccc1F. The molecule has 1 aromatic heterocycles. The van der Waals surface area contributed by atoms with Crippen molar-refractivity contribution in [3.63, 3.8) is 0 Å². The Balaban J connectivity index is 1.45. The van der Waals surface area contributed by atoms with Gasteiger partial charge in [0.1, 0.15) is 6.04 Å². The molecule has 6 rings (SSSR count). The molecule has 1 aliphatic carbocycles.